The number of rotatable bonds is 5. The van der Waals surface area contributed by atoms with E-state index in [9.17, 15) is 0 Å². The molecule has 0 N–H and O–H groups in total. The maximum Gasteiger partial charge on any atom is 0.247 e. The standard InChI is InChI=1S/C18H17BrClN3O/c1-12(23(2)11-13-6-8-15(19)9-7-13)17-21-22-18(24-17)14-4-3-5-16(20)10-14/h3-10,12H,11H2,1-2H3/t12-/m1/s1. The highest BCUT2D eigenvalue weighted by Gasteiger charge is 2.19. The van der Waals surface area contributed by atoms with Crippen molar-refractivity contribution in [3.05, 3.63) is 69.5 Å². The summed E-state index contributed by atoms with van der Waals surface area (Å²) in [6.07, 6.45) is 0. The number of benzene rings is 2. The Morgan fingerprint density at radius 2 is 1.92 bits per heavy atom. The highest BCUT2D eigenvalue weighted by Crippen LogP contribution is 2.26. The molecule has 1 aromatic heterocycles. The molecule has 0 aliphatic carbocycles. The quantitative estimate of drug-likeness (QED) is 0.573. The summed E-state index contributed by atoms with van der Waals surface area (Å²) in [4.78, 5) is 2.17. The Hall–Kier alpha value is -1.69. The van der Waals surface area contributed by atoms with Crippen molar-refractivity contribution in [1.29, 1.82) is 0 Å². The zero-order valence-corrected chi connectivity index (χ0v) is 15.8. The highest BCUT2D eigenvalue weighted by atomic mass is 79.9. The second-order valence-electron chi connectivity index (χ2n) is 5.67. The summed E-state index contributed by atoms with van der Waals surface area (Å²) in [6.45, 7) is 2.84. The minimum Gasteiger partial charge on any atom is -0.419 e. The smallest absolute Gasteiger partial charge is 0.247 e. The van der Waals surface area contributed by atoms with Gasteiger partial charge in [-0.05, 0) is 49.9 Å². The summed E-state index contributed by atoms with van der Waals surface area (Å²) in [5.41, 5.74) is 2.05. The SMILES string of the molecule is C[C@H](c1nnc(-c2cccc(Cl)c2)o1)N(C)Cc1ccc(Br)cc1. The van der Waals surface area contributed by atoms with Crippen molar-refractivity contribution < 1.29 is 4.42 Å². The Balaban J connectivity index is 1.73. The van der Waals surface area contributed by atoms with E-state index in [0.717, 1.165) is 16.6 Å². The van der Waals surface area contributed by atoms with Crippen LogP contribution in [0.2, 0.25) is 5.02 Å². The Bertz CT molecular complexity index is 819. The molecular formula is C18H17BrClN3O. The van der Waals surface area contributed by atoms with E-state index in [0.29, 0.717) is 16.8 Å². The fourth-order valence-electron chi connectivity index (χ4n) is 2.34. The van der Waals surface area contributed by atoms with Crippen LogP contribution in [0.15, 0.2) is 57.4 Å². The lowest BCUT2D eigenvalue weighted by Crippen LogP contribution is -2.22. The van der Waals surface area contributed by atoms with Crippen LogP contribution in [0.4, 0.5) is 0 Å². The van der Waals surface area contributed by atoms with Crippen molar-refractivity contribution in [3.63, 3.8) is 0 Å². The van der Waals surface area contributed by atoms with Crippen molar-refractivity contribution >= 4 is 27.5 Å². The van der Waals surface area contributed by atoms with Crippen LogP contribution in [0.1, 0.15) is 24.4 Å². The second-order valence-corrected chi connectivity index (χ2v) is 7.03. The first-order chi connectivity index (χ1) is 11.5. The van der Waals surface area contributed by atoms with Gasteiger partial charge in [-0.3, -0.25) is 4.90 Å². The molecule has 1 atom stereocenters. The zero-order valence-electron chi connectivity index (χ0n) is 13.4. The molecule has 0 bridgehead atoms. The van der Waals surface area contributed by atoms with E-state index in [1.807, 2.05) is 50.4 Å². The third-order valence-corrected chi connectivity index (χ3v) is 4.64. The Morgan fingerprint density at radius 3 is 2.62 bits per heavy atom. The first kappa shape index (κ1) is 17.1. The number of aromatic nitrogens is 2. The van der Waals surface area contributed by atoms with Gasteiger partial charge in [0.25, 0.3) is 0 Å². The first-order valence-corrected chi connectivity index (χ1v) is 8.74. The molecule has 0 fully saturated rings. The largest absolute Gasteiger partial charge is 0.419 e. The molecule has 6 heteroatoms. The van der Waals surface area contributed by atoms with Gasteiger partial charge in [0.1, 0.15) is 0 Å². The van der Waals surface area contributed by atoms with Gasteiger partial charge >= 0.3 is 0 Å². The molecule has 24 heavy (non-hydrogen) atoms. The molecule has 1 heterocycles. The van der Waals surface area contributed by atoms with E-state index < -0.39 is 0 Å². The fraction of sp³-hybridized carbons (Fsp3) is 0.222. The third-order valence-electron chi connectivity index (χ3n) is 3.88. The van der Waals surface area contributed by atoms with E-state index in [1.54, 1.807) is 0 Å². The number of halogens is 2. The van der Waals surface area contributed by atoms with E-state index >= 15 is 0 Å². The van der Waals surface area contributed by atoms with Gasteiger partial charge in [-0.1, -0.05) is 45.7 Å². The normalized spacial score (nSPS) is 12.5. The van der Waals surface area contributed by atoms with Crippen molar-refractivity contribution in [2.24, 2.45) is 0 Å². The van der Waals surface area contributed by atoms with Gasteiger partial charge in [-0.15, -0.1) is 10.2 Å². The van der Waals surface area contributed by atoms with Crippen LogP contribution in [0.25, 0.3) is 11.5 Å². The van der Waals surface area contributed by atoms with Crippen LogP contribution in [0.5, 0.6) is 0 Å². The van der Waals surface area contributed by atoms with Crippen LogP contribution in [0, 0.1) is 0 Å². The summed E-state index contributed by atoms with van der Waals surface area (Å²) in [7, 11) is 2.04. The second kappa shape index (κ2) is 7.47. The van der Waals surface area contributed by atoms with Crippen LogP contribution >= 0.6 is 27.5 Å². The first-order valence-electron chi connectivity index (χ1n) is 7.57. The van der Waals surface area contributed by atoms with Gasteiger partial charge in [0.2, 0.25) is 11.8 Å². The molecule has 2 aromatic carbocycles. The topological polar surface area (TPSA) is 42.2 Å². The maximum absolute atomic E-state index is 6.01. The lowest BCUT2D eigenvalue weighted by molar-refractivity contribution is 0.218. The van der Waals surface area contributed by atoms with E-state index in [1.165, 1.54) is 5.56 Å². The Labute approximate surface area is 154 Å². The average Bonchev–Trinajstić information content (AvgIpc) is 3.06. The predicted octanol–water partition coefficient (Wildman–Crippen LogP) is 5.35. The van der Waals surface area contributed by atoms with Crippen LogP contribution in [-0.2, 0) is 6.54 Å². The molecule has 0 spiro atoms. The molecule has 0 aliphatic heterocycles. The van der Waals surface area contributed by atoms with E-state index in [2.05, 4.69) is 43.2 Å². The van der Waals surface area contributed by atoms with Crippen molar-refractivity contribution in [1.82, 2.24) is 15.1 Å². The van der Waals surface area contributed by atoms with Gasteiger partial charge in [0.15, 0.2) is 0 Å². The molecule has 3 aromatic rings. The maximum atomic E-state index is 6.01. The molecule has 0 saturated carbocycles. The fourth-order valence-corrected chi connectivity index (χ4v) is 2.80. The van der Waals surface area contributed by atoms with Crippen molar-refractivity contribution in [2.45, 2.75) is 19.5 Å². The van der Waals surface area contributed by atoms with E-state index in [-0.39, 0.29) is 6.04 Å². The summed E-state index contributed by atoms with van der Waals surface area (Å²) in [5.74, 6) is 1.07. The average molecular weight is 407 g/mol. The molecule has 0 unspecified atom stereocenters. The molecular weight excluding hydrogens is 390 g/mol. The van der Waals surface area contributed by atoms with Crippen LogP contribution < -0.4 is 0 Å². The van der Waals surface area contributed by atoms with Gasteiger partial charge in [-0.2, -0.15) is 0 Å². The molecule has 0 amide bonds. The molecule has 0 aliphatic rings. The minimum absolute atomic E-state index is 0.00841. The number of hydrogen-bond donors (Lipinski definition) is 0. The lowest BCUT2D eigenvalue weighted by atomic mass is 10.2. The monoisotopic (exact) mass is 405 g/mol. The van der Waals surface area contributed by atoms with Crippen LogP contribution in [-0.4, -0.2) is 22.1 Å². The van der Waals surface area contributed by atoms with Crippen molar-refractivity contribution in [2.75, 3.05) is 7.05 Å². The Morgan fingerprint density at radius 1 is 1.17 bits per heavy atom. The zero-order chi connectivity index (χ0) is 17.1. The summed E-state index contributed by atoms with van der Waals surface area (Å²) >= 11 is 9.47. The molecule has 4 nitrogen and oxygen atoms in total. The minimum atomic E-state index is 0.00841. The van der Waals surface area contributed by atoms with Gasteiger partial charge in [0, 0.05) is 21.6 Å². The molecule has 0 radical (unpaired) electrons. The summed E-state index contributed by atoms with van der Waals surface area (Å²) in [5, 5.41) is 8.98. The number of nitrogens with zero attached hydrogens (tertiary/aromatic N) is 3. The van der Waals surface area contributed by atoms with Gasteiger partial charge < -0.3 is 4.42 Å². The van der Waals surface area contributed by atoms with Crippen molar-refractivity contribution in [3.8, 4) is 11.5 Å². The third kappa shape index (κ3) is 4.04. The highest BCUT2D eigenvalue weighted by molar-refractivity contribution is 9.10. The predicted molar refractivity (Wildman–Crippen MR) is 98.8 cm³/mol. The number of hydrogen-bond acceptors (Lipinski definition) is 4. The molecule has 0 saturated heterocycles. The Kier molecular flexibility index (Phi) is 5.33. The molecule has 3 rings (SSSR count). The summed E-state index contributed by atoms with van der Waals surface area (Å²) in [6, 6.07) is 15.7. The van der Waals surface area contributed by atoms with Gasteiger partial charge in [-0.25, -0.2) is 0 Å². The van der Waals surface area contributed by atoms with Gasteiger partial charge in [0.05, 0.1) is 6.04 Å². The molecule has 124 valence electrons. The lowest BCUT2D eigenvalue weighted by Gasteiger charge is -2.21. The summed E-state index contributed by atoms with van der Waals surface area (Å²) < 4.78 is 6.91. The van der Waals surface area contributed by atoms with Crippen LogP contribution in [0.3, 0.4) is 0 Å². The van der Waals surface area contributed by atoms with E-state index in [4.69, 9.17) is 16.0 Å².